The molecule has 8 heteroatoms. The van der Waals surface area contributed by atoms with Gasteiger partial charge < -0.3 is 15.3 Å². The minimum Gasteiger partial charge on any atom is -0.478 e. The van der Waals surface area contributed by atoms with Crippen molar-refractivity contribution in [3.63, 3.8) is 0 Å². The molecule has 0 spiro atoms. The second kappa shape index (κ2) is 8.08. The van der Waals surface area contributed by atoms with E-state index in [1.165, 1.54) is 12.1 Å². The molecule has 0 fully saturated rings. The second-order valence-corrected chi connectivity index (χ2v) is 8.65. The molecule has 1 heterocycles. The summed E-state index contributed by atoms with van der Waals surface area (Å²) in [5, 5.41) is 14.0. The molecule has 1 amide bonds. The van der Waals surface area contributed by atoms with Gasteiger partial charge >= 0.3 is 5.97 Å². The Morgan fingerprint density at radius 1 is 1.00 bits per heavy atom. The first-order chi connectivity index (χ1) is 14.7. The van der Waals surface area contributed by atoms with Crippen LogP contribution in [0.5, 0.6) is 0 Å². The van der Waals surface area contributed by atoms with Gasteiger partial charge in [0.05, 0.1) is 11.3 Å². The molecule has 2 N–H and O–H groups in total. The van der Waals surface area contributed by atoms with Crippen molar-refractivity contribution in [3.8, 4) is 0 Å². The van der Waals surface area contributed by atoms with Gasteiger partial charge in [0.2, 0.25) is 0 Å². The largest absolute Gasteiger partial charge is 0.478 e. The number of anilines is 2. The standard InChI is InChI=1S/C23H17Cl3N2O3/c1-28(20-11-16(26)5-7-17(20)21(29)30)23(12-13-3-2-4-14(24)9-13)18-8-6-15(25)10-19(18)27-22(23)31/h2-11H,12H2,1H3,(H,27,31)(H,29,30). The monoisotopic (exact) mass is 474 g/mol. The van der Waals surface area contributed by atoms with E-state index in [0.717, 1.165) is 5.56 Å². The van der Waals surface area contributed by atoms with E-state index in [0.29, 0.717) is 32.0 Å². The highest BCUT2D eigenvalue weighted by atomic mass is 35.5. The summed E-state index contributed by atoms with van der Waals surface area (Å²) in [5.74, 6) is -1.42. The fraction of sp³-hybridized carbons (Fsp3) is 0.130. The average Bonchev–Trinajstić information content (AvgIpc) is 2.98. The van der Waals surface area contributed by atoms with E-state index in [4.69, 9.17) is 34.8 Å². The number of rotatable bonds is 5. The van der Waals surface area contributed by atoms with Crippen molar-refractivity contribution in [1.29, 1.82) is 0 Å². The number of carboxylic acid groups (broad SMARTS) is 1. The van der Waals surface area contributed by atoms with Crippen LogP contribution >= 0.6 is 34.8 Å². The normalized spacial score (nSPS) is 17.2. The second-order valence-electron chi connectivity index (χ2n) is 7.34. The predicted octanol–water partition coefficient (Wildman–Crippen LogP) is 5.87. The molecule has 4 rings (SSSR count). The smallest absolute Gasteiger partial charge is 0.337 e. The van der Waals surface area contributed by atoms with E-state index < -0.39 is 11.5 Å². The summed E-state index contributed by atoms with van der Waals surface area (Å²) in [4.78, 5) is 27.1. The molecule has 1 unspecified atom stereocenters. The lowest BCUT2D eigenvalue weighted by atomic mass is 9.82. The molecule has 3 aromatic rings. The van der Waals surface area contributed by atoms with Gasteiger partial charge in [-0.3, -0.25) is 4.79 Å². The minimum absolute atomic E-state index is 0.0348. The predicted molar refractivity (Wildman–Crippen MR) is 124 cm³/mol. The molecule has 0 bridgehead atoms. The van der Waals surface area contributed by atoms with Crippen LogP contribution in [-0.4, -0.2) is 24.0 Å². The molecule has 31 heavy (non-hydrogen) atoms. The van der Waals surface area contributed by atoms with Gasteiger partial charge in [0, 0.05) is 39.8 Å². The zero-order chi connectivity index (χ0) is 22.3. The van der Waals surface area contributed by atoms with Crippen LogP contribution in [0.3, 0.4) is 0 Å². The molecule has 0 radical (unpaired) electrons. The Bertz CT molecular complexity index is 1210. The molecular formula is C23H17Cl3N2O3. The fourth-order valence-electron chi connectivity index (χ4n) is 4.07. The maximum atomic E-state index is 13.5. The van der Waals surface area contributed by atoms with Crippen molar-refractivity contribution in [2.24, 2.45) is 0 Å². The van der Waals surface area contributed by atoms with Gasteiger partial charge in [-0.1, -0.05) is 53.0 Å². The summed E-state index contributed by atoms with van der Waals surface area (Å²) in [6, 6.07) is 16.9. The molecule has 1 aliphatic rings. The van der Waals surface area contributed by atoms with Gasteiger partial charge in [0.25, 0.3) is 5.91 Å². The Labute approximate surface area is 194 Å². The van der Waals surface area contributed by atoms with Crippen molar-refractivity contribution in [2.75, 3.05) is 17.3 Å². The van der Waals surface area contributed by atoms with Gasteiger partial charge in [0.1, 0.15) is 0 Å². The van der Waals surface area contributed by atoms with Crippen LogP contribution in [0.1, 0.15) is 21.5 Å². The molecule has 0 aromatic heterocycles. The Balaban J connectivity index is 1.96. The first kappa shape index (κ1) is 21.5. The van der Waals surface area contributed by atoms with Gasteiger partial charge in [0.15, 0.2) is 5.54 Å². The highest BCUT2D eigenvalue weighted by Crippen LogP contribution is 2.46. The molecule has 1 aliphatic heterocycles. The highest BCUT2D eigenvalue weighted by Gasteiger charge is 2.51. The van der Waals surface area contributed by atoms with Gasteiger partial charge in [-0.15, -0.1) is 0 Å². The third kappa shape index (κ3) is 3.74. The van der Waals surface area contributed by atoms with E-state index in [2.05, 4.69) is 5.32 Å². The minimum atomic E-state index is -1.25. The third-order valence-corrected chi connectivity index (χ3v) is 6.23. The Kier molecular flexibility index (Phi) is 5.60. The highest BCUT2D eigenvalue weighted by molar-refractivity contribution is 6.32. The number of carboxylic acids is 1. The molecule has 158 valence electrons. The lowest BCUT2D eigenvalue weighted by molar-refractivity contribution is -0.120. The van der Waals surface area contributed by atoms with Gasteiger partial charge in [-0.25, -0.2) is 4.79 Å². The Morgan fingerprint density at radius 2 is 1.68 bits per heavy atom. The number of benzene rings is 3. The summed E-state index contributed by atoms with van der Waals surface area (Å²) in [7, 11) is 1.69. The average molecular weight is 476 g/mol. The zero-order valence-corrected chi connectivity index (χ0v) is 18.6. The van der Waals surface area contributed by atoms with Crippen LogP contribution in [0, 0.1) is 0 Å². The lowest BCUT2D eigenvalue weighted by Crippen LogP contribution is -2.51. The van der Waals surface area contributed by atoms with Crippen LogP contribution < -0.4 is 10.2 Å². The molecule has 1 atom stereocenters. The number of nitrogens with zero attached hydrogens (tertiary/aromatic N) is 1. The van der Waals surface area contributed by atoms with Crippen molar-refractivity contribution < 1.29 is 14.7 Å². The maximum absolute atomic E-state index is 13.5. The van der Waals surface area contributed by atoms with Crippen molar-refractivity contribution in [2.45, 2.75) is 12.0 Å². The van der Waals surface area contributed by atoms with E-state index in [1.54, 1.807) is 48.3 Å². The van der Waals surface area contributed by atoms with Crippen molar-refractivity contribution >= 4 is 58.1 Å². The Morgan fingerprint density at radius 3 is 2.39 bits per heavy atom. The number of halogens is 3. The molecule has 5 nitrogen and oxygen atoms in total. The molecular weight excluding hydrogens is 459 g/mol. The number of aromatic carboxylic acids is 1. The number of likely N-dealkylation sites (N-methyl/N-ethyl adjacent to an activating group) is 1. The number of hydrogen-bond donors (Lipinski definition) is 2. The number of fused-ring (bicyclic) bond motifs is 1. The first-order valence-electron chi connectivity index (χ1n) is 9.35. The third-order valence-electron chi connectivity index (χ3n) is 5.52. The topological polar surface area (TPSA) is 69.6 Å². The van der Waals surface area contributed by atoms with E-state index >= 15 is 0 Å². The number of nitrogens with one attached hydrogen (secondary N) is 1. The molecule has 0 aliphatic carbocycles. The summed E-state index contributed by atoms with van der Waals surface area (Å²) in [5.41, 5.74) is 1.18. The molecule has 3 aromatic carbocycles. The van der Waals surface area contributed by atoms with Crippen LogP contribution in [0.25, 0.3) is 0 Å². The SMILES string of the molecule is CN(c1cc(Cl)ccc1C(=O)O)C1(Cc2cccc(Cl)c2)C(=O)Nc2cc(Cl)ccc21. The molecule has 0 saturated heterocycles. The number of carbonyl (C=O) groups is 2. The maximum Gasteiger partial charge on any atom is 0.337 e. The van der Waals surface area contributed by atoms with Crippen LogP contribution in [0.4, 0.5) is 11.4 Å². The quantitative estimate of drug-likeness (QED) is 0.484. The molecule has 0 saturated carbocycles. The first-order valence-corrected chi connectivity index (χ1v) is 10.5. The number of carbonyl (C=O) groups excluding carboxylic acids is 1. The zero-order valence-electron chi connectivity index (χ0n) is 16.3. The van der Waals surface area contributed by atoms with Crippen molar-refractivity contribution in [3.05, 3.63) is 92.4 Å². The van der Waals surface area contributed by atoms with Gasteiger partial charge in [-0.2, -0.15) is 0 Å². The van der Waals surface area contributed by atoms with E-state index in [-0.39, 0.29) is 17.9 Å². The van der Waals surface area contributed by atoms with Crippen LogP contribution in [-0.2, 0) is 16.8 Å². The fourth-order valence-corrected chi connectivity index (χ4v) is 4.62. The van der Waals surface area contributed by atoms with E-state index in [1.807, 2.05) is 12.1 Å². The van der Waals surface area contributed by atoms with Crippen molar-refractivity contribution in [1.82, 2.24) is 0 Å². The van der Waals surface area contributed by atoms with Gasteiger partial charge in [-0.05, 0) is 48.0 Å². The van der Waals surface area contributed by atoms with Crippen LogP contribution in [0.2, 0.25) is 15.1 Å². The summed E-state index contributed by atoms with van der Waals surface area (Å²) in [6.45, 7) is 0. The summed E-state index contributed by atoms with van der Waals surface area (Å²) < 4.78 is 0. The number of hydrogen-bond acceptors (Lipinski definition) is 3. The van der Waals surface area contributed by atoms with E-state index in [9.17, 15) is 14.7 Å². The lowest BCUT2D eigenvalue weighted by Gasteiger charge is -2.39. The van der Waals surface area contributed by atoms with Crippen LogP contribution in [0.15, 0.2) is 60.7 Å². The Hall–Kier alpha value is -2.73. The number of amides is 1. The summed E-state index contributed by atoms with van der Waals surface area (Å²) in [6.07, 6.45) is 0.246. The summed E-state index contributed by atoms with van der Waals surface area (Å²) >= 11 is 18.5.